The van der Waals surface area contributed by atoms with Gasteiger partial charge in [0, 0.05) is 23.7 Å². The van der Waals surface area contributed by atoms with Crippen molar-refractivity contribution in [3.05, 3.63) is 47.6 Å². The third kappa shape index (κ3) is 3.78. The number of benzene rings is 1. The number of likely N-dealkylation sites (tertiary alicyclic amines) is 1. The van der Waals surface area contributed by atoms with E-state index in [0.29, 0.717) is 36.1 Å². The van der Waals surface area contributed by atoms with Crippen molar-refractivity contribution < 1.29 is 18.7 Å². The minimum absolute atomic E-state index is 0.101. The third-order valence-electron chi connectivity index (χ3n) is 4.83. The van der Waals surface area contributed by atoms with Gasteiger partial charge in [0.15, 0.2) is 5.76 Å². The zero-order chi connectivity index (χ0) is 19.7. The first kappa shape index (κ1) is 18.3. The molecular formula is C21H23N3O4. The van der Waals surface area contributed by atoms with Crippen molar-refractivity contribution in [3.63, 3.8) is 0 Å². The quantitative estimate of drug-likeness (QED) is 0.688. The Morgan fingerprint density at radius 2 is 2.07 bits per heavy atom. The minimum Gasteiger partial charge on any atom is -0.497 e. The van der Waals surface area contributed by atoms with Crippen LogP contribution in [-0.4, -0.2) is 47.1 Å². The number of furan rings is 1. The van der Waals surface area contributed by atoms with E-state index in [4.69, 9.17) is 13.9 Å². The first-order valence-corrected chi connectivity index (χ1v) is 9.37. The highest BCUT2D eigenvalue weighted by Crippen LogP contribution is 2.26. The van der Waals surface area contributed by atoms with Gasteiger partial charge in [-0.2, -0.15) is 4.98 Å². The molecule has 1 amide bonds. The Hall–Kier alpha value is -3.09. The summed E-state index contributed by atoms with van der Waals surface area (Å²) in [5.74, 6) is 2.17. The van der Waals surface area contributed by atoms with Gasteiger partial charge in [0.05, 0.1) is 13.7 Å². The summed E-state index contributed by atoms with van der Waals surface area (Å²) < 4.78 is 17.0. The number of aromatic nitrogens is 2. The van der Waals surface area contributed by atoms with E-state index in [1.807, 2.05) is 38.1 Å². The highest BCUT2D eigenvalue weighted by Gasteiger charge is 2.28. The summed E-state index contributed by atoms with van der Waals surface area (Å²) in [5, 5.41) is 0.847. The number of hydrogen-bond donors (Lipinski definition) is 0. The largest absolute Gasteiger partial charge is 0.497 e. The fourth-order valence-corrected chi connectivity index (χ4v) is 3.54. The predicted octanol–water partition coefficient (Wildman–Crippen LogP) is 3.53. The summed E-state index contributed by atoms with van der Waals surface area (Å²) in [6.45, 7) is 4.93. The molecule has 0 N–H and O–H groups in total. The average molecular weight is 381 g/mol. The molecule has 0 spiro atoms. The number of fused-ring (bicyclic) bond motifs is 1. The molecule has 0 bridgehead atoms. The zero-order valence-electron chi connectivity index (χ0n) is 16.3. The highest BCUT2D eigenvalue weighted by atomic mass is 16.5. The van der Waals surface area contributed by atoms with Crippen LogP contribution in [-0.2, 0) is 0 Å². The molecule has 1 atom stereocenters. The summed E-state index contributed by atoms with van der Waals surface area (Å²) in [6, 6.07) is 9.07. The number of amides is 1. The van der Waals surface area contributed by atoms with Crippen LogP contribution in [0.25, 0.3) is 11.0 Å². The molecule has 1 aromatic carbocycles. The molecule has 3 aromatic rings. The molecule has 1 aliphatic heterocycles. The van der Waals surface area contributed by atoms with Gasteiger partial charge in [-0.15, -0.1) is 0 Å². The molecule has 7 heteroatoms. The van der Waals surface area contributed by atoms with Crippen molar-refractivity contribution >= 4 is 16.9 Å². The number of methoxy groups -OCH3 is 1. The normalized spacial score (nSPS) is 17.0. The van der Waals surface area contributed by atoms with Gasteiger partial charge in [-0.1, -0.05) is 0 Å². The van der Waals surface area contributed by atoms with Crippen molar-refractivity contribution in [1.82, 2.24) is 14.9 Å². The SMILES string of the molecule is COc1ccc2oc(C(=O)N3CCCC(Oc4cc(C)nc(C)n4)C3)cc2c1. The molecule has 0 aliphatic carbocycles. The van der Waals surface area contributed by atoms with E-state index in [0.717, 1.165) is 29.7 Å². The van der Waals surface area contributed by atoms with Crippen LogP contribution < -0.4 is 9.47 Å². The van der Waals surface area contributed by atoms with E-state index in [-0.39, 0.29) is 12.0 Å². The Balaban J connectivity index is 1.48. The number of hydrogen-bond acceptors (Lipinski definition) is 6. The van der Waals surface area contributed by atoms with Crippen LogP contribution in [0.1, 0.15) is 34.9 Å². The van der Waals surface area contributed by atoms with Gasteiger partial charge in [-0.25, -0.2) is 4.98 Å². The molecule has 1 saturated heterocycles. The molecule has 28 heavy (non-hydrogen) atoms. The molecule has 1 fully saturated rings. The number of carbonyl (C=O) groups is 1. The Morgan fingerprint density at radius 3 is 2.86 bits per heavy atom. The number of rotatable bonds is 4. The summed E-state index contributed by atoms with van der Waals surface area (Å²) in [7, 11) is 1.61. The number of nitrogens with zero attached hydrogens (tertiary/aromatic N) is 3. The summed E-state index contributed by atoms with van der Waals surface area (Å²) in [5.41, 5.74) is 1.53. The molecule has 3 heterocycles. The Labute approximate surface area is 163 Å². The van der Waals surface area contributed by atoms with Crippen molar-refractivity contribution in [3.8, 4) is 11.6 Å². The van der Waals surface area contributed by atoms with Crippen LogP contribution in [0.15, 0.2) is 34.7 Å². The molecule has 146 valence electrons. The van der Waals surface area contributed by atoms with Crippen LogP contribution >= 0.6 is 0 Å². The van der Waals surface area contributed by atoms with Crippen molar-refractivity contribution in [2.24, 2.45) is 0 Å². The average Bonchev–Trinajstić information content (AvgIpc) is 3.10. The number of carbonyl (C=O) groups excluding carboxylic acids is 1. The highest BCUT2D eigenvalue weighted by molar-refractivity contribution is 5.96. The first-order chi connectivity index (χ1) is 13.5. The summed E-state index contributed by atoms with van der Waals surface area (Å²) in [4.78, 5) is 23.3. The van der Waals surface area contributed by atoms with Crippen LogP contribution in [0.2, 0.25) is 0 Å². The molecular weight excluding hydrogens is 358 g/mol. The fourth-order valence-electron chi connectivity index (χ4n) is 3.54. The minimum atomic E-state index is -0.126. The lowest BCUT2D eigenvalue weighted by Crippen LogP contribution is -2.44. The maximum absolute atomic E-state index is 12.9. The summed E-state index contributed by atoms with van der Waals surface area (Å²) >= 11 is 0. The second-order valence-corrected chi connectivity index (χ2v) is 7.04. The number of aryl methyl sites for hydroxylation is 2. The number of piperidine rings is 1. The third-order valence-corrected chi connectivity index (χ3v) is 4.83. The molecule has 0 radical (unpaired) electrons. The van der Waals surface area contributed by atoms with Gasteiger partial charge >= 0.3 is 0 Å². The van der Waals surface area contributed by atoms with Gasteiger partial charge in [-0.05, 0) is 51.0 Å². The lowest BCUT2D eigenvalue weighted by molar-refractivity contribution is 0.0501. The smallest absolute Gasteiger partial charge is 0.289 e. The predicted molar refractivity (Wildman–Crippen MR) is 104 cm³/mol. The second kappa shape index (κ2) is 7.50. The monoisotopic (exact) mass is 381 g/mol. The lowest BCUT2D eigenvalue weighted by atomic mass is 10.1. The topological polar surface area (TPSA) is 77.7 Å². The van der Waals surface area contributed by atoms with E-state index in [1.54, 1.807) is 18.1 Å². The van der Waals surface area contributed by atoms with Gasteiger partial charge in [0.25, 0.3) is 5.91 Å². The van der Waals surface area contributed by atoms with Gasteiger partial charge in [0.2, 0.25) is 5.88 Å². The lowest BCUT2D eigenvalue weighted by Gasteiger charge is -2.32. The standard InChI is InChI=1S/C21H23N3O4/c1-13-9-20(23-14(2)22-13)27-17-5-4-8-24(12-17)21(25)19-11-15-10-16(26-3)6-7-18(15)28-19/h6-7,9-11,17H,4-5,8,12H2,1-3H3. The maximum Gasteiger partial charge on any atom is 0.289 e. The first-order valence-electron chi connectivity index (χ1n) is 9.37. The van der Waals surface area contributed by atoms with Crippen molar-refractivity contribution in [2.45, 2.75) is 32.8 Å². The number of ether oxygens (including phenoxy) is 2. The van der Waals surface area contributed by atoms with E-state index < -0.39 is 0 Å². The summed E-state index contributed by atoms with van der Waals surface area (Å²) in [6.07, 6.45) is 1.65. The zero-order valence-corrected chi connectivity index (χ0v) is 16.3. The molecule has 1 unspecified atom stereocenters. The Bertz CT molecular complexity index is 994. The molecule has 0 saturated carbocycles. The van der Waals surface area contributed by atoms with Crippen LogP contribution in [0, 0.1) is 13.8 Å². The molecule has 4 rings (SSSR count). The van der Waals surface area contributed by atoms with E-state index in [2.05, 4.69) is 9.97 Å². The van der Waals surface area contributed by atoms with Crippen LogP contribution in [0.5, 0.6) is 11.6 Å². The molecule has 7 nitrogen and oxygen atoms in total. The fraction of sp³-hybridized carbons (Fsp3) is 0.381. The van der Waals surface area contributed by atoms with Gasteiger partial charge in [0.1, 0.15) is 23.3 Å². The van der Waals surface area contributed by atoms with Crippen LogP contribution in [0.4, 0.5) is 0 Å². The molecule has 2 aromatic heterocycles. The Kier molecular flexibility index (Phi) is 4.90. The van der Waals surface area contributed by atoms with E-state index in [9.17, 15) is 4.79 Å². The van der Waals surface area contributed by atoms with Gasteiger partial charge < -0.3 is 18.8 Å². The second-order valence-electron chi connectivity index (χ2n) is 7.04. The van der Waals surface area contributed by atoms with E-state index >= 15 is 0 Å². The Morgan fingerprint density at radius 1 is 1.21 bits per heavy atom. The van der Waals surface area contributed by atoms with E-state index in [1.165, 1.54) is 0 Å². The van der Waals surface area contributed by atoms with Crippen LogP contribution in [0.3, 0.4) is 0 Å². The van der Waals surface area contributed by atoms with Gasteiger partial charge in [-0.3, -0.25) is 4.79 Å². The maximum atomic E-state index is 12.9. The van der Waals surface area contributed by atoms with Crippen molar-refractivity contribution in [1.29, 1.82) is 0 Å². The van der Waals surface area contributed by atoms with Crippen molar-refractivity contribution in [2.75, 3.05) is 20.2 Å². The molecule has 1 aliphatic rings.